The highest BCUT2D eigenvalue weighted by Crippen LogP contribution is 2.28. The van der Waals surface area contributed by atoms with Crippen LogP contribution in [-0.4, -0.2) is 55.1 Å². The minimum atomic E-state index is -0.377. The van der Waals surface area contributed by atoms with E-state index in [2.05, 4.69) is 0 Å². The highest BCUT2D eigenvalue weighted by Gasteiger charge is 2.25. The smallest absolute Gasteiger partial charge is 0.292 e. The van der Waals surface area contributed by atoms with E-state index in [0.29, 0.717) is 44.2 Å². The molecule has 0 atom stereocenters. The van der Waals surface area contributed by atoms with Gasteiger partial charge in [0.2, 0.25) is 0 Å². The first-order valence-corrected chi connectivity index (χ1v) is 9.20. The Morgan fingerprint density at radius 2 is 1.61 bits per heavy atom. The Bertz CT molecular complexity index is 817. The van der Waals surface area contributed by atoms with Crippen LogP contribution in [0.1, 0.15) is 6.92 Å². The van der Waals surface area contributed by atoms with E-state index in [1.54, 1.807) is 47.4 Å². The maximum Gasteiger partial charge on any atom is 0.292 e. The number of ether oxygens (including phenoxy) is 2. The molecule has 8 heteroatoms. The lowest BCUT2D eigenvalue weighted by atomic mass is 10.2. The molecule has 0 aromatic heterocycles. The Hall–Kier alpha value is -3.29. The van der Waals surface area contributed by atoms with Gasteiger partial charge in [0.05, 0.1) is 11.5 Å². The van der Waals surface area contributed by atoms with Crippen molar-refractivity contribution < 1.29 is 19.2 Å². The van der Waals surface area contributed by atoms with Gasteiger partial charge in [-0.2, -0.15) is 0 Å². The van der Waals surface area contributed by atoms with Crippen LogP contribution < -0.4 is 14.4 Å². The number of piperazine rings is 1. The first kappa shape index (κ1) is 19.5. The summed E-state index contributed by atoms with van der Waals surface area (Å²) < 4.78 is 10.9. The number of para-hydroxylation sites is 2. The lowest BCUT2D eigenvalue weighted by molar-refractivity contribution is -0.384. The zero-order valence-corrected chi connectivity index (χ0v) is 15.7. The summed E-state index contributed by atoms with van der Waals surface area (Å²) in [5.41, 5.74) is 0.673. The van der Waals surface area contributed by atoms with Crippen molar-refractivity contribution in [1.82, 2.24) is 4.90 Å². The lowest BCUT2D eigenvalue weighted by Crippen LogP contribution is -2.50. The first-order valence-electron chi connectivity index (χ1n) is 9.20. The maximum atomic E-state index is 12.4. The second-order valence-corrected chi connectivity index (χ2v) is 6.31. The summed E-state index contributed by atoms with van der Waals surface area (Å²) in [5, 5.41) is 11.2. The van der Waals surface area contributed by atoms with Crippen LogP contribution >= 0.6 is 0 Å². The van der Waals surface area contributed by atoms with Gasteiger partial charge in [-0.3, -0.25) is 14.9 Å². The number of nitro groups is 1. The molecular formula is C20H23N3O5. The van der Waals surface area contributed by atoms with Gasteiger partial charge in [-0.05, 0) is 37.3 Å². The summed E-state index contributed by atoms with van der Waals surface area (Å²) in [6, 6.07) is 13.8. The van der Waals surface area contributed by atoms with Gasteiger partial charge < -0.3 is 19.3 Å². The van der Waals surface area contributed by atoms with Crippen molar-refractivity contribution in [2.45, 2.75) is 6.92 Å². The molecule has 0 spiro atoms. The zero-order chi connectivity index (χ0) is 19.9. The van der Waals surface area contributed by atoms with E-state index < -0.39 is 0 Å². The van der Waals surface area contributed by atoms with Crippen LogP contribution in [0.5, 0.6) is 11.5 Å². The number of hydrogen-bond acceptors (Lipinski definition) is 6. The van der Waals surface area contributed by atoms with Crippen molar-refractivity contribution in [3.05, 3.63) is 58.6 Å². The topological polar surface area (TPSA) is 85.2 Å². The molecule has 0 radical (unpaired) electrons. The number of amides is 1. The van der Waals surface area contributed by atoms with Crippen molar-refractivity contribution in [2.24, 2.45) is 0 Å². The van der Waals surface area contributed by atoms with Gasteiger partial charge in [0.1, 0.15) is 17.2 Å². The third-order valence-corrected chi connectivity index (χ3v) is 4.55. The molecule has 2 aromatic rings. The number of nitro benzene ring substituents is 1. The Morgan fingerprint density at radius 1 is 1.00 bits per heavy atom. The van der Waals surface area contributed by atoms with Gasteiger partial charge >= 0.3 is 0 Å². The lowest BCUT2D eigenvalue weighted by Gasteiger charge is -2.35. The second-order valence-electron chi connectivity index (χ2n) is 6.31. The molecule has 1 aliphatic heterocycles. The van der Waals surface area contributed by atoms with Crippen molar-refractivity contribution in [1.29, 1.82) is 0 Å². The molecular weight excluding hydrogens is 362 g/mol. The van der Waals surface area contributed by atoms with E-state index in [9.17, 15) is 14.9 Å². The quantitative estimate of drug-likeness (QED) is 0.538. The predicted octanol–water partition coefficient (Wildman–Crippen LogP) is 2.72. The second kappa shape index (κ2) is 9.07. The Balaban J connectivity index is 1.51. The Labute approximate surface area is 163 Å². The van der Waals surface area contributed by atoms with Crippen LogP contribution in [0.25, 0.3) is 0 Å². The standard InChI is InChI=1S/C20H23N3O5/c1-2-27-16-7-9-17(10-8-16)28-15-20(24)22-13-11-21(12-14-22)18-5-3-4-6-19(18)23(25)26/h3-10H,2,11-15H2,1H3. The fourth-order valence-electron chi connectivity index (χ4n) is 3.12. The number of benzene rings is 2. The number of nitrogens with zero attached hydrogens (tertiary/aromatic N) is 3. The van der Waals surface area contributed by atoms with Gasteiger partial charge in [0.15, 0.2) is 6.61 Å². The molecule has 0 N–H and O–H groups in total. The summed E-state index contributed by atoms with van der Waals surface area (Å²) in [7, 11) is 0. The summed E-state index contributed by atoms with van der Waals surface area (Å²) >= 11 is 0. The van der Waals surface area contributed by atoms with Gasteiger partial charge in [-0.15, -0.1) is 0 Å². The average Bonchev–Trinajstić information content (AvgIpc) is 2.73. The number of anilines is 1. The molecule has 0 saturated carbocycles. The highest BCUT2D eigenvalue weighted by atomic mass is 16.6. The van der Waals surface area contributed by atoms with Crippen LogP contribution in [-0.2, 0) is 4.79 Å². The van der Waals surface area contributed by atoms with Gasteiger partial charge in [-0.25, -0.2) is 0 Å². The van der Waals surface area contributed by atoms with E-state index >= 15 is 0 Å². The molecule has 0 aliphatic carbocycles. The largest absolute Gasteiger partial charge is 0.494 e. The molecule has 1 fully saturated rings. The molecule has 0 unspecified atom stereocenters. The minimum absolute atomic E-state index is 0.0422. The van der Waals surface area contributed by atoms with E-state index in [-0.39, 0.29) is 23.1 Å². The van der Waals surface area contributed by atoms with Gasteiger partial charge in [0.25, 0.3) is 11.6 Å². The number of hydrogen-bond donors (Lipinski definition) is 0. The molecule has 1 saturated heterocycles. The van der Waals surface area contributed by atoms with Crippen molar-refractivity contribution in [2.75, 3.05) is 44.3 Å². The molecule has 3 rings (SSSR count). The molecule has 148 valence electrons. The minimum Gasteiger partial charge on any atom is -0.494 e. The zero-order valence-electron chi connectivity index (χ0n) is 15.7. The fourth-order valence-corrected chi connectivity index (χ4v) is 3.12. The third-order valence-electron chi connectivity index (χ3n) is 4.55. The highest BCUT2D eigenvalue weighted by molar-refractivity contribution is 5.78. The van der Waals surface area contributed by atoms with Gasteiger partial charge in [0, 0.05) is 32.2 Å². The predicted molar refractivity (Wildman–Crippen MR) is 105 cm³/mol. The van der Waals surface area contributed by atoms with E-state index in [4.69, 9.17) is 9.47 Å². The molecule has 2 aromatic carbocycles. The van der Waals surface area contributed by atoms with Crippen LogP contribution in [0.2, 0.25) is 0 Å². The number of carbonyl (C=O) groups excluding carboxylic acids is 1. The normalized spacial score (nSPS) is 13.9. The van der Waals surface area contributed by atoms with Crippen LogP contribution in [0, 0.1) is 10.1 Å². The molecule has 1 heterocycles. The maximum absolute atomic E-state index is 12.4. The van der Waals surface area contributed by atoms with Crippen molar-refractivity contribution in [3.8, 4) is 11.5 Å². The van der Waals surface area contributed by atoms with Crippen LogP contribution in [0.15, 0.2) is 48.5 Å². The SMILES string of the molecule is CCOc1ccc(OCC(=O)N2CCN(c3ccccc3[N+](=O)[O-])CC2)cc1. The summed E-state index contributed by atoms with van der Waals surface area (Å²) in [5.74, 6) is 1.26. The molecule has 28 heavy (non-hydrogen) atoms. The third kappa shape index (κ3) is 4.70. The van der Waals surface area contributed by atoms with Gasteiger partial charge in [-0.1, -0.05) is 12.1 Å². The monoisotopic (exact) mass is 385 g/mol. The Kier molecular flexibility index (Phi) is 6.31. The summed E-state index contributed by atoms with van der Waals surface area (Å²) in [4.78, 5) is 26.9. The fraction of sp³-hybridized carbons (Fsp3) is 0.350. The van der Waals surface area contributed by atoms with E-state index in [1.807, 2.05) is 11.8 Å². The Morgan fingerprint density at radius 3 is 2.21 bits per heavy atom. The average molecular weight is 385 g/mol. The van der Waals surface area contributed by atoms with Crippen LogP contribution in [0.4, 0.5) is 11.4 Å². The first-order chi connectivity index (χ1) is 13.6. The number of carbonyl (C=O) groups is 1. The molecule has 0 bridgehead atoms. The summed E-state index contributed by atoms with van der Waals surface area (Å²) in [6.07, 6.45) is 0. The number of rotatable bonds is 7. The van der Waals surface area contributed by atoms with Crippen LogP contribution in [0.3, 0.4) is 0 Å². The van der Waals surface area contributed by atoms with Crippen molar-refractivity contribution in [3.63, 3.8) is 0 Å². The summed E-state index contributed by atoms with van der Waals surface area (Å²) in [6.45, 7) is 4.55. The molecule has 8 nitrogen and oxygen atoms in total. The van der Waals surface area contributed by atoms with Crippen molar-refractivity contribution >= 4 is 17.3 Å². The molecule has 1 aliphatic rings. The van der Waals surface area contributed by atoms with E-state index in [0.717, 1.165) is 5.75 Å². The molecule has 1 amide bonds. The van der Waals surface area contributed by atoms with E-state index in [1.165, 1.54) is 6.07 Å².